The molecule has 0 spiro atoms. The molecule has 4 N–H and O–H groups in total. The number of fused-ring (bicyclic) bond motifs is 1. The molecule has 27 heavy (non-hydrogen) atoms. The molecule has 1 aliphatic rings. The summed E-state index contributed by atoms with van der Waals surface area (Å²) in [5.74, 6) is -1.39. The van der Waals surface area contributed by atoms with Crippen LogP contribution in [0, 0.1) is 6.92 Å². The average molecular weight is 398 g/mol. The smallest absolute Gasteiger partial charge is 0.339 e. The number of ether oxygens (including phenoxy) is 3. The number of cyclic esters (lactones) is 1. The number of esters is 2. The van der Waals surface area contributed by atoms with Gasteiger partial charge in [0.1, 0.15) is 30.2 Å². The molecule has 0 saturated heterocycles. The van der Waals surface area contributed by atoms with Crippen molar-refractivity contribution in [3.8, 4) is 11.5 Å². The molecule has 1 aromatic rings. The van der Waals surface area contributed by atoms with Crippen LogP contribution in [0.4, 0.5) is 0 Å². The van der Waals surface area contributed by atoms with E-state index in [0.717, 1.165) is 0 Å². The van der Waals surface area contributed by atoms with Crippen molar-refractivity contribution in [2.45, 2.75) is 24.8 Å². The second kappa shape index (κ2) is 8.96. The molecular formula is C17H22N2O7S. The maximum absolute atomic E-state index is 12.6. The zero-order valence-corrected chi connectivity index (χ0v) is 16.1. The van der Waals surface area contributed by atoms with Crippen LogP contribution in [-0.2, 0) is 24.8 Å². The molecule has 148 valence electrons. The van der Waals surface area contributed by atoms with Crippen molar-refractivity contribution >= 4 is 29.6 Å². The van der Waals surface area contributed by atoms with Crippen LogP contribution < -0.4 is 15.8 Å². The van der Waals surface area contributed by atoms with Crippen LogP contribution in [0.2, 0.25) is 0 Å². The van der Waals surface area contributed by atoms with Gasteiger partial charge in [0.15, 0.2) is 0 Å². The third-order valence-electron chi connectivity index (χ3n) is 4.11. The molecule has 0 unspecified atom stereocenters. The van der Waals surface area contributed by atoms with Crippen LogP contribution in [0.15, 0.2) is 6.07 Å². The van der Waals surface area contributed by atoms with Gasteiger partial charge < -0.3 is 30.4 Å². The Morgan fingerprint density at radius 1 is 1.41 bits per heavy atom. The van der Waals surface area contributed by atoms with E-state index >= 15 is 0 Å². The van der Waals surface area contributed by atoms with Gasteiger partial charge >= 0.3 is 11.9 Å². The molecule has 2 atom stereocenters. The number of methoxy groups -OCH3 is 2. The van der Waals surface area contributed by atoms with Crippen molar-refractivity contribution in [1.29, 1.82) is 0 Å². The molecule has 0 bridgehead atoms. The Labute approximate surface area is 160 Å². The first kappa shape index (κ1) is 20.8. The molecule has 0 fully saturated rings. The summed E-state index contributed by atoms with van der Waals surface area (Å²) in [6, 6.07) is -0.661. The van der Waals surface area contributed by atoms with E-state index in [9.17, 15) is 19.5 Å². The van der Waals surface area contributed by atoms with E-state index in [4.69, 9.17) is 19.9 Å². The predicted molar refractivity (Wildman–Crippen MR) is 97.8 cm³/mol. The van der Waals surface area contributed by atoms with E-state index in [-0.39, 0.29) is 29.4 Å². The van der Waals surface area contributed by atoms with E-state index in [0.29, 0.717) is 16.9 Å². The normalized spacial score (nSPS) is 21.0. The number of hydrogen-bond donors (Lipinski definition) is 3. The minimum absolute atomic E-state index is 0.128. The first-order valence-electron chi connectivity index (χ1n) is 8.08. The van der Waals surface area contributed by atoms with Gasteiger partial charge in [-0.15, -0.1) is 0 Å². The van der Waals surface area contributed by atoms with E-state index < -0.39 is 29.9 Å². The van der Waals surface area contributed by atoms with Gasteiger partial charge in [-0.2, -0.15) is 11.8 Å². The molecule has 1 amide bonds. The number of nitrogens with two attached hydrogens (primary N) is 1. The van der Waals surface area contributed by atoms with Crippen molar-refractivity contribution in [3.05, 3.63) is 22.8 Å². The van der Waals surface area contributed by atoms with E-state index in [1.807, 2.05) is 0 Å². The van der Waals surface area contributed by atoms with Crippen molar-refractivity contribution < 1.29 is 33.7 Å². The maximum atomic E-state index is 12.6. The van der Waals surface area contributed by atoms with Crippen LogP contribution >= 0.6 is 11.8 Å². The molecule has 0 aromatic heterocycles. The average Bonchev–Trinajstić information content (AvgIpc) is 2.65. The second-order valence-corrected chi connectivity index (χ2v) is 6.91. The molecule has 1 aromatic carbocycles. The van der Waals surface area contributed by atoms with Gasteiger partial charge in [0.2, 0.25) is 5.91 Å². The van der Waals surface area contributed by atoms with Gasteiger partial charge in [-0.1, -0.05) is 0 Å². The summed E-state index contributed by atoms with van der Waals surface area (Å²) in [5.41, 5.74) is 6.75. The summed E-state index contributed by atoms with van der Waals surface area (Å²) < 4.78 is 15.1. The monoisotopic (exact) mass is 398 g/mol. The zero-order valence-electron chi connectivity index (χ0n) is 15.2. The molecule has 0 aliphatic carbocycles. The largest absolute Gasteiger partial charge is 0.507 e. The highest BCUT2D eigenvalue weighted by molar-refractivity contribution is 7.98. The van der Waals surface area contributed by atoms with Gasteiger partial charge in [-0.25, -0.2) is 9.59 Å². The summed E-state index contributed by atoms with van der Waals surface area (Å²) in [5, 5.41) is 12.8. The SMILES string of the molecule is COC(=O)[C@@H]1CSCc2c(O)cc(OC)c(C)c2C(=O)OC[C@H](N)C(=O)N1. The van der Waals surface area contributed by atoms with Crippen molar-refractivity contribution in [3.63, 3.8) is 0 Å². The minimum atomic E-state index is -1.16. The van der Waals surface area contributed by atoms with Crippen LogP contribution in [-0.4, -0.2) is 61.6 Å². The first-order chi connectivity index (χ1) is 12.8. The van der Waals surface area contributed by atoms with E-state index in [1.165, 1.54) is 32.0 Å². The fourth-order valence-electron chi connectivity index (χ4n) is 2.61. The summed E-state index contributed by atoms with van der Waals surface area (Å²) in [7, 11) is 2.64. The second-order valence-electron chi connectivity index (χ2n) is 5.88. The van der Waals surface area contributed by atoms with E-state index in [2.05, 4.69) is 5.32 Å². The Morgan fingerprint density at radius 3 is 2.74 bits per heavy atom. The Balaban J connectivity index is 2.44. The summed E-state index contributed by atoms with van der Waals surface area (Å²) in [4.78, 5) is 36.6. The Morgan fingerprint density at radius 2 is 2.11 bits per heavy atom. The van der Waals surface area contributed by atoms with Crippen molar-refractivity contribution in [2.75, 3.05) is 26.6 Å². The molecular weight excluding hydrogens is 376 g/mol. The number of hydrogen-bond acceptors (Lipinski definition) is 9. The Hall–Kier alpha value is -2.46. The third kappa shape index (κ3) is 4.64. The lowest BCUT2D eigenvalue weighted by atomic mass is 10.0. The summed E-state index contributed by atoms with van der Waals surface area (Å²) in [6.45, 7) is 1.28. The van der Waals surface area contributed by atoms with Gasteiger partial charge in [0.25, 0.3) is 0 Å². The number of amides is 1. The fourth-order valence-corrected chi connectivity index (χ4v) is 3.68. The number of carbonyl (C=O) groups excluding carboxylic acids is 3. The lowest BCUT2D eigenvalue weighted by molar-refractivity contribution is -0.144. The lowest BCUT2D eigenvalue weighted by Gasteiger charge is -2.22. The molecule has 0 saturated carbocycles. The van der Waals surface area contributed by atoms with Crippen LogP contribution in [0.3, 0.4) is 0 Å². The van der Waals surface area contributed by atoms with Crippen molar-refractivity contribution in [2.24, 2.45) is 5.73 Å². The topological polar surface area (TPSA) is 137 Å². The highest BCUT2D eigenvalue weighted by Gasteiger charge is 2.29. The number of rotatable bonds is 2. The Bertz CT molecular complexity index is 753. The summed E-state index contributed by atoms with van der Waals surface area (Å²) >= 11 is 1.24. The number of thioether (sulfide) groups is 1. The maximum Gasteiger partial charge on any atom is 0.339 e. The highest BCUT2D eigenvalue weighted by atomic mass is 32.2. The molecule has 1 heterocycles. The van der Waals surface area contributed by atoms with Crippen molar-refractivity contribution in [1.82, 2.24) is 5.32 Å². The van der Waals surface area contributed by atoms with Crippen LogP contribution in [0.1, 0.15) is 21.5 Å². The fraction of sp³-hybridized carbons (Fsp3) is 0.471. The minimum Gasteiger partial charge on any atom is -0.507 e. The number of phenolic OH excluding ortho intramolecular Hbond substituents is 1. The predicted octanol–water partition coefficient (Wildman–Crippen LogP) is 0.0979. The van der Waals surface area contributed by atoms with E-state index in [1.54, 1.807) is 6.92 Å². The summed E-state index contributed by atoms with van der Waals surface area (Å²) in [6.07, 6.45) is 0. The van der Waals surface area contributed by atoms with Gasteiger partial charge in [-0.3, -0.25) is 4.79 Å². The first-order valence-corrected chi connectivity index (χ1v) is 9.23. The van der Waals surface area contributed by atoms with Crippen LogP contribution in [0.5, 0.6) is 11.5 Å². The molecule has 10 heteroatoms. The molecule has 2 rings (SSSR count). The molecule has 0 radical (unpaired) electrons. The number of carbonyl (C=O) groups is 3. The van der Waals surface area contributed by atoms with Gasteiger partial charge in [0, 0.05) is 28.7 Å². The number of aromatic hydroxyl groups is 1. The van der Waals surface area contributed by atoms with Crippen LogP contribution in [0.25, 0.3) is 0 Å². The van der Waals surface area contributed by atoms with Gasteiger partial charge in [0.05, 0.1) is 19.8 Å². The lowest BCUT2D eigenvalue weighted by Crippen LogP contribution is -2.51. The number of benzene rings is 1. The molecule has 1 aliphatic heterocycles. The Kier molecular flexibility index (Phi) is 6.92. The number of phenols is 1. The standard InChI is InChI=1S/C17H22N2O7S/c1-8-13(24-2)4-12(20)9-6-27-7-11(16(22)25-3)19-15(21)10(18)5-26-17(23)14(8)9/h4,10-11,20H,5-7,18H2,1-3H3,(H,19,21)/t10-,11-/m0/s1. The quantitative estimate of drug-likeness (QED) is 0.592. The van der Waals surface area contributed by atoms with Gasteiger partial charge in [-0.05, 0) is 6.92 Å². The number of nitrogens with one attached hydrogen (secondary N) is 1. The zero-order chi connectivity index (χ0) is 20.1. The third-order valence-corrected chi connectivity index (χ3v) is 5.17. The molecule has 9 nitrogen and oxygen atoms in total. The highest BCUT2D eigenvalue weighted by Crippen LogP contribution is 2.35.